The number of sulfonamides is 1. The molecular formula is C21H24Cl2N2O4S. The summed E-state index contributed by atoms with van der Waals surface area (Å²) >= 11 is 12.0. The van der Waals surface area contributed by atoms with E-state index in [-0.39, 0.29) is 23.9 Å². The summed E-state index contributed by atoms with van der Waals surface area (Å²) in [5, 5.41) is 3.86. The Morgan fingerprint density at radius 3 is 2.60 bits per heavy atom. The Morgan fingerprint density at radius 1 is 1.20 bits per heavy atom. The third-order valence-electron chi connectivity index (χ3n) is 5.00. The number of piperidine rings is 1. The van der Waals surface area contributed by atoms with E-state index in [4.69, 9.17) is 27.9 Å². The molecule has 2 aromatic rings. The summed E-state index contributed by atoms with van der Waals surface area (Å²) in [6.07, 6.45) is 1.26. The molecule has 0 radical (unpaired) electrons. The minimum atomic E-state index is -3.68. The van der Waals surface area contributed by atoms with Crippen molar-refractivity contribution in [1.82, 2.24) is 9.62 Å². The van der Waals surface area contributed by atoms with E-state index in [1.165, 1.54) is 16.4 Å². The maximum Gasteiger partial charge on any atom is 0.243 e. The lowest BCUT2D eigenvalue weighted by molar-refractivity contribution is -0.126. The molecule has 1 heterocycles. The van der Waals surface area contributed by atoms with Gasteiger partial charge < -0.3 is 10.1 Å². The Kier molecular flexibility index (Phi) is 7.63. The quantitative estimate of drug-likeness (QED) is 0.660. The lowest BCUT2D eigenvalue weighted by atomic mass is 9.99. The molecule has 6 nitrogen and oxygen atoms in total. The molecule has 0 bridgehead atoms. The average Bonchev–Trinajstić information content (AvgIpc) is 2.73. The Morgan fingerprint density at radius 2 is 1.93 bits per heavy atom. The zero-order valence-corrected chi connectivity index (χ0v) is 18.9. The Labute approximate surface area is 187 Å². The lowest BCUT2D eigenvalue weighted by Crippen LogP contribution is -2.45. The highest BCUT2D eigenvalue weighted by Crippen LogP contribution is 2.26. The smallest absolute Gasteiger partial charge is 0.243 e. The second-order valence-electron chi connectivity index (χ2n) is 7.06. The fourth-order valence-electron chi connectivity index (χ4n) is 3.39. The van der Waals surface area contributed by atoms with Gasteiger partial charge in [-0.2, -0.15) is 4.31 Å². The van der Waals surface area contributed by atoms with Gasteiger partial charge in [-0.1, -0.05) is 29.3 Å². The van der Waals surface area contributed by atoms with Crippen molar-refractivity contribution in [2.24, 2.45) is 5.92 Å². The third kappa shape index (κ3) is 5.46. The highest BCUT2D eigenvalue weighted by Gasteiger charge is 2.33. The summed E-state index contributed by atoms with van der Waals surface area (Å²) in [6, 6.07) is 11.4. The van der Waals surface area contributed by atoms with Crippen LogP contribution in [0.1, 0.15) is 25.3 Å². The summed E-state index contributed by atoms with van der Waals surface area (Å²) < 4.78 is 32.8. The molecule has 0 aromatic heterocycles. The fourth-order valence-corrected chi connectivity index (χ4v) is 5.39. The van der Waals surface area contributed by atoms with Crippen LogP contribution in [0.4, 0.5) is 0 Å². The molecule has 0 aliphatic carbocycles. The molecule has 30 heavy (non-hydrogen) atoms. The van der Waals surface area contributed by atoms with Crippen LogP contribution < -0.4 is 10.1 Å². The molecule has 3 rings (SSSR count). The van der Waals surface area contributed by atoms with Gasteiger partial charge in [0.15, 0.2) is 0 Å². The number of carbonyl (C=O) groups is 1. The van der Waals surface area contributed by atoms with E-state index in [1.807, 2.05) is 6.92 Å². The van der Waals surface area contributed by atoms with Gasteiger partial charge in [-0.3, -0.25) is 4.79 Å². The van der Waals surface area contributed by atoms with Crippen molar-refractivity contribution < 1.29 is 17.9 Å². The maximum absolute atomic E-state index is 13.0. The van der Waals surface area contributed by atoms with E-state index in [0.717, 1.165) is 5.56 Å². The molecule has 1 aliphatic heterocycles. The molecule has 9 heteroatoms. The molecule has 0 saturated carbocycles. The van der Waals surface area contributed by atoms with Gasteiger partial charge in [0.05, 0.1) is 17.4 Å². The zero-order chi connectivity index (χ0) is 21.7. The predicted octanol–water partition coefficient (Wildman–Crippen LogP) is 4.11. The van der Waals surface area contributed by atoms with Gasteiger partial charge in [0, 0.05) is 29.7 Å². The second kappa shape index (κ2) is 10.0. The summed E-state index contributed by atoms with van der Waals surface area (Å²) in [4.78, 5) is 12.9. The fraction of sp³-hybridized carbons (Fsp3) is 0.381. The maximum atomic E-state index is 13.0. The number of halogens is 2. The largest absolute Gasteiger partial charge is 0.494 e. The average molecular weight is 471 g/mol. The number of nitrogens with one attached hydrogen (secondary N) is 1. The molecule has 2 aromatic carbocycles. The first-order chi connectivity index (χ1) is 14.3. The normalized spacial score (nSPS) is 17.5. The van der Waals surface area contributed by atoms with E-state index in [9.17, 15) is 13.2 Å². The summed E-state index contributed by atoms with van der Waals surface area (Å²) in [5.74, 6) is 0.0168. The third-order valence-corrected chi connectivity index (χ3v) is 7.46. The number of amides is 1. The molecule has 1 atom stereocenters. The van der Waals surface area contributed by atoms with E-state index in [0.29, 0.717) is 41.8 Å². The molecular weight excluding hydrogens is 447 g/mol. The number of hydrogen-bond donors (Lipinski definition) is 1. The van der Waals surface area contributed by atoms with Crippen LogP contribution in [-0.2, 0) is 21.4 Å². The van der Waals surface area contributed by atoms with Crippen LogP contribution in [0.5, 0.6) is 5.75 Å². The van der Waals surface area contributed by atoms with Gasteiger partial charge in [0.1, 0.15) is 5.75 Å². The van der Waals surface area contributed by atoms with E-state index < -0.39 is 15.9 Å². The first kappa shape index (κ1) is 22.9. The molecule has 0 unspecified atom stereocenters. The first-order valence-electron chi connectivity index (χ1n) is 9.76. The van der Waals surface area contributed by atoms with Gasteiger partial charge in [0.2, 0.25) is 15.9 Å². The van der Waals surface area contributed by atoms with Gasteiger partial charge >= 0.3 is 0 Å². The number of rotatable bonds is 7. The summed E-state index contributed by atoms with van der Waals surface area (Å²) in [6.45, 7) is 3.18. The zero-order valence-electron chi connectivity index (χ0n) is 16.6. The second-order valence-corrected chi connectivity index (χ2v) is 9.84. The van der Waals surface area contributed by atoms with Crippen LogP contribution in [0.25, 0.3) is 0 Å². The van der Waals surface area contributed by atoms with Crippen molar-refractivity contribution in [1.29, 1.82) is 0 Å². The molecule has 1 fully saturated rings. The van der Waals surface area contributed by atoms with Crippen LogP contribution in [-0.4, -0.2) is 38.3 Å². The van der Waals surface area contributed by atoms with Crippen molar-refractivity contribution in [2.45, 2.75) is 31.2 Å². The van der Waals surface area contributed by atoms with Crippen LogP contribution in [0.3, 0.4) is 0 Å². The number of hydrogen-bond acceptors (Lipinski definition) is 4. The molecule has 1 amide bonds. The molecule has 162 valence electrons. The van der Waals surface area contributed by atoms with Crippen molar-refractivity contribution in [3.05, 3.63) is 58.1 Å². The van der Waals surface area contributed by atoms with Crippen molar-refractivity contribution in [3.63, 3.8) is 0 Å². The number of benzene rings is 2. The van der Waals surface area contributed by atoms with Crippen LogP contribution in [0, 0.1) is 5.92 Å². The van der Waals surface area contributed by atoms with Crippen LogP contribution in [0.15, 0.2) is 47.4 Å². The standard InChI is InChI=1S/C21H24Cl2N2O4S/c1-2-29-18-7-9-19(10-8-18)30(27,28)25-11-3-4-16(14-25)21(26)24-13-15-5-6-17(22)12-20(15)23/h5-10,12,16H,2-4,11,13-14H2,1H3,(H,24,26)/t16-/m1/s1. The molecule has 1 N–H and O–H groups in total. The first-order valence-corrected chi connectivity index (χ1v) is 12.0. The molecule has 1 aliphatic rings. The Hall–Kier alpha value is -1.80. The van der Waals surface area contributed by atoms with E-state index >= 15 is 0 Å². The van der Waals surface area contributed by atoms with Crippen LogP contribution in [0.2, 0.25) is 10.0 Å². The number of carbonyl (C=O) groups excluding carboxylic acids is 1. The number of ether oxygens (including phenoxy) is 1. The van der Waals surface area contributed by atoms with Gasteiger partial charge in [-0.15, -0.1) is 0 Å². The number of nitrogens with zero attached hydrogens (tertiary/aromatic N) is 1. The van der Waals surface area contributed by atoms with Crippen molar-refractivity contribution >= 4 is 39.1 Å². The summed E-state index contributed by atoms with van der Waals surface area (Å²) in [5.41, 5.74) is 0.754. The SMILES string of the molecule is CCOc1ccc(S(=O)(=O)N2CCC[C@@H](C(=O)NCc3ccc(Cl)cc3Cl)C2)cc1. The lowest BCUT2D eigenvalue weighted by Gasteiger charge is -2.31. The van der Waals surface area contributed by atoms with Gasteiger partial charge in [-0.05, 0) is 61.7 Å². The molecule has 0 spiro atoms. The van der Waals surface area contributed by atoms with E-state index in [1.54, 1.807) is 30.3 Å². The minimum Gasteiger partial charge on any atom is -0.494 e. The Balaban J connectivity index is 1.64. The van der Waals surface area contributed by atoms with Gasteiger partial charge in [0.25, 0.3) is 0 Å². The Bertz CT molecular complexity index is 997. The predicted molar refractivity (Wildman–Crippen MR) is 117 cm³/mol. The van der Waals surface area contributed by atoms with Crippen molar-refractivity contribution in [2.75, 3.05) is 19.7 Å². The van der Waals surface area contributed by atoms with Gasteiger partial charge in [-0.25, -0.2) is 8.42 Å². The minimum absolute atomic E-state index is 0.149. The van der Waals surface area contributed by atoms with Crippen LogP contribution >= 0.6 is 23.2 Å². The topological polar surface area (TPSA) is 75.7 Å². The summed E-state index contributed by atoms with van der Waals surface area (Å²) in [7, 11) is -3.68. The monoisotopic (exact) mass is 470 g/mol. The van der Waals surface area contributed by atoms with E-state index in [2.05, 4.69) is 5.32 Å². The van der Waals surface area contributed by atoms with Crippen molar-refractivity contribution in [3.8, 4) is 5.75 Å². The highest BCUT2D eigenvalue weighted by molar-refractivity contribution is 7.89. The molecule has 1 saturated heterocycles. The highest BCUT2D eigenvalue weighted by atomic mass is 35.5.